The molecule has 0 heterocycles. The van der Waals surface area contributed by atoms with E-state index in [0.29, 0.717) is 5.41 Å². The summed E-state index contributed by atoms with van der Waals surface area (Å²) in [6.07, 6.45) is 16.8. The maximum Gasteiger partial charge on any atom is 0.102 e. The Labute approximate surface area is 119 Å². The zero-order chi connectivity index (χ0) is 13.3. The van der Waals surface area contributed by atoms with E-state index in [4.69, 9.17) is 0 Å². The summed E-state index contributed by atoms with van der Waals surface area (Å²) in [7, 11) is 0. The molecule has 0 aliphatic heterocycles. The summed E-state index contributed by atoms with van der Waals surface area (Å²) in [5.41, 5.74) is 5.69. The maximum atomic E-state index is 4.37. The standard InChI is InChI=1S/C19H29/c1-15-8-6-7-12-19(16(15)2)13-11-17-9-4-3-5-10-18(17)14-19/h1,3-14H2,2H3/q+1. The number of allylic oxidation sites excluding steroid dienone is 3. The molecule has 3 aliphatic carbocycles. The Morgan fingerprint density at radius 2 is 1.58 bits per heavy atom. The van der Waals surface area contributed by atoms with Gasteiger partial charge in [-0.25, -0.2) is 0 Å². The van der Waals surface area contributed by atoms with Crippen LogP contribution in [0.1, 0.15) is 84.0 Å². The van der Waals surface area contributed by atoms with Crippen LogP contribution in [0.2, 0.25) is 0 Å². The van der Waals surface area contributed by atoms with Gasteiger partial charge in [-0.3, -0.25) is 0 Å². The third kappa shape index (κ3) is 2.51. The summed E-state index contributed by atoms with van der Waals surface area (Å²) in [5.74, 6) is 1.67. The summed E-state index contributed by atoms with van der Waals surface area (Å²) < 4.78 is 0. The van der Waals surface area contributed by atoms with E-state index in [1.54, 1.807) is 5.92 Å². The number of hydrogen-bond donors (Lipinski definition) is 0. The fourth-order valence-electron chi connectivity index (χ4n) is 4.69. The lowest BCUT2D eigenvalue weighted by molar-refractivity contribution is 0.246. The number of rotatable bonds is 0. The minimum atomic E-state index is 0.511. The van der Waals surface area contributed by atoms with Crippen LogP contribution in [-0.4, -0.2) is 0 Å². The summed E-state index contributed by atoms with van der Waals surface area (Å²) in [5, 5.41) is 0. The molecule has 0 aromatic rings. The van der Waals surface area contributed by atoms with Crippen molar-refractivity contribution in [1.82, 2.24) is 0 Å². The molecule has 1 spiro atoms. The number of hydrogen-bond acceptors (Lipinski definition) is 0. The molecule has 0 bridgehead atoms. The van der Waals surface area contributed by atoms with Crippen LogP contribution in [0.3, 0.4) is 0 Å². The van der Waals surface area contributed by atoms with Crippen molar-refractivity contribution < 1.29 is 0 Å². The van der Waals surface area contributed by atoms with Crippen LogP contribution < -0.4 is 0 Å². The molecule has 0 nitrogen and oxygen atoms in total. The van der Waals surface area contributed by atoms with E-state index < -0.39 is 0 Å². The van der Waals surface area contributed by atoms with Crippen LogP contribution in [0.25, 0.3) is 0 Å². The van der Waals surface area contributed by atoms with E-state index in [1.165, 1.54) is 82.6 Å². The topological polar surface area (TPSA) is 0 Å². The first-order chi connectivity index (χ1) is 9.21. The average Bonchev–Trinajstić information content (AvgIpc) is 2.72. The fourth-order valence-corrected chi connectivity index (χ4v) is 4.69. The molecule has 0 amide bonds. The molecule has 0 N–H and O–H groups in total. The SMILES string of the molecule is C=C1CCCCC2(CCC3=C(CCCCC3)C2)[C+]1C. The van der Waals surface area contributed by atoms with Gasteiger partial charge in [0.2, 0.25) is 0 Å². The predicted molar refractivity (Wildman–Crippen MR) is 82.9 cm³/mol. The molecule has 0 heteroatoms. The first-order valence-corrected chi connectivity index (χ1v) is 8.43. The molecule has 3 aliphatic rings. The smallest absolute Gasteiger partial charge is 0.0708 e. The fraction of sp³-hybridized carbons (Fsp3) is 0.737. The largest absolute Gasteiger partial charge is 0.102 e. The Morgan fingerprint density at radius 3 is 2.42 bits per heavy atom. The Morgan fingerprint density at radius 1 is 0.842 bits per heavy atom. The zero-order valence-electron chi connectivity index (χ0n) is 12.7. The second-order valence-corrected chi connectivity index (χ2v) is 7.16. The maximum absolute atomic E-state index is 4.37. The highest BCUT2D eigenvalue weighted by atomic mass is 14.5. The van der Waals surface area contributed by atoms with Gasteiger partial charge in [-0.2, -0.15) is 0 Å². The highest BCUT2D eigenvalue weighted by Gasteiger charge is 2.46. The summed E-state index contributed by atoms with van der Waals surface area (Å²) in [4.78, 5) is 0. The average molecular weight is 257 g/mol. The molecule has 1 unspecified atom stereocenters. The zero-order valence-corrected chi connectivity index (χ0v) is 12.7. The lowest BCUT2D eigenvalue weighted by atomic mass is 9.61. The van der Waals surface area contributed by atoms with Gasteiger partial charge in [0.15, 0.2) is 0 Å². The van der Waals surface area contributed by atoms with Crippen LogP contribution in [0.5, 0.6) is 0 Å². The second kappa shape index (κ2) is 5.38. The Hall–Kier alpha value is -0.650. The van der Waals surface area contributed by atoms with Gasteiger partial charge in [0.25, 0.3) is 0 Å². The lowest BCUT2D eigenvalue weighted by Crippen LogP contribution is -2.31. The predicted octanol–water partition coefficient (Wildman–Crippen LogP) is 6.14. The van der Waals surface area contributed by atoms with Crippen LogP contribution in [0.4, 0.5) is 0 Å². The Kier molecular flexibility index (Phi) is 3.78. The summed E-state index contributed by atoms with van der Waals surface area (Å²) in [6, 6.07) is 0. The van der Waals surface area contributed by atoms with Crippen molar-refractivity contribution in [2.75, 3.05) is 0 Å². The summed E-state index contributed by atoms with van der Waals surface area (Å²) >= 11 is 0. The van der Waals surface area contributed by atoms with Crippen molar-refractivity contribution in [3.63, 3.8) is 0 Å². The van der Waals surface area contributed by atoms with Crippen molar-refractivity contribution in [3.05, 3.63) is 29.2 Å². The van der Waals surface area contributed by atoms with Gasteiger partial charge in [-0.15, -0.1) is 0 Å². The first kappa shape index (κ1) is 13.3. The van der Waals surface area contributed by atoms with Gasteiger partial charge in [-0.1, -0.05) is 24.0 Å². The van der Waals surface area contributed by atoms with E-state index in [-0.39, 0.29) is 0 Å². The molecule has 3 rings (SSSR count). The molecule has 104 valence electrons. The second-order valence-electron chi connectivity index (χ2n) is 7.16. The van der Waals surface area contributed by atoms with Crippen molar-refractivity contribution in [1.29, 1.82) is 0 Å². The molecule has 1 atom stereocenters. The van der Waals surface area contributed by atoms with Crippen LogP contribution in [0, 0.1) is 11.3 Å². The normalized spacial score (nSPS) is 33.1. The molecular weight excluding hydrogens is 228 g/mol. The van der Waals surface area contributed by atoms with E-state index in [9.17, 15) is 0 Å². The van der Waals surface area contributed by atoms with Crippen molar-refractivity contribution in [2.45, 2.75) is 84.0 Å². The highest BCUT2D eigenvalue weighted by molar-refractivity contribution is 5.33. The van der Waals surface area contributed by atoms with Crippen LogP contribution in [0.15, 0.2) is 23.3 Å². The van der Waals surface area contributed by atoms with E-state index in [2.05, 4.69) is 13.5 Å². The van der Waals surface area contributed by atoms with E-state index in [0.717, 1.165) is 0 Å². The molecule has 19 heavy (non-hydrogen) atoms. The van der Waals surface area contributed by atoms with Gasteiger partial charge in [-0.05, 0) is 57.8 Å². The Balaban J connectivity index is 1.85. The highest BCUT2D eigenvalue weighted by Crippen LogP contribution is 2.55. The first-order valence-electron chi connectivity index (χ1n) is 8.43. The third-order valence-electron chi connectivity index (χ3n) is 6.12. The third-order valence-corrected chi connectivity index (χ3v) is 6.12. The minimum absolute atomic E-state index is 0.511. The van der Waals surface area contributed by atoms with Gasteiger partial charge < -0.3 is 0 Å². The van der Waals surface area contributed by atoms with Crippen molar-refractivity contribution >= 4 is 0 Å². The summed E-state index contributed by atoms with van der Waals surface area (Å²) in [6.45, 7) is 6.77. The van der Waals surface area contributed by atoms with Crippen molar-refractivity contribution in [3.8, 4) is 0 Å². The quantitative estimate of drug-likeness (QED) is 0.361. The minimum Gasteiger partial charge on any atom is -0.0708 e. The van der Waals surface area contributed by atoms with Crippen LogP contribution in [-0.2, 0) is 0 Å². The Bertz CT molecular complexity index is 387. The molecule has 1 fully saturated rings. The van der Waals surface area contributed by atoms with Gasteiger partial charge in [0.05, 0.1) is 11.3 Å². The lowest BCUT2D eigenvalue weighted by Gasteiger charge is -2.39. The monoisotopic (exact) mass is 257 g/mol. The molecule has 0 aromatic carbocycles. The van der Waals surface area contributed by atoms with Crippen LogP contribution >= 0.6 is 0 Å². The molecule has 0 radical (unpaired) electrons. The van der Waals surface area contributed by atoms with Gasteiger partial charge >= 0.3 is 0 Å². The molecule has 1 saturated carbocycles. The van der Waals surface area contributed by atoms with E-state index in [1.807, 2.05) is 11.1 Å². The van der Waals surface area contributed by atoms with Gasteiger partial charge in [0.1, 0.15) is 5.57 Å². The molecular formula is C19H29+. The van der Waals surface area contributed by atoms with Gasteiger partial charge in [0, 0.05) is 19.9 Å². The molecule has 0 aromatic heterocycles. The molecule has 0 saturated heterocycles. The van der Waals surface area contributed by atoms with E-state index >= 15 is 0 Å². The van der Waals surface area contributed by atoms with Crippen molar-refractivity contribution in [2.24, 2.45) is 5.41 Å².